The van der Waals surface area contributed by atoms with Crippen LogP contribution in [0.4, 0.5) is 0 Å². The van der Waals surface area contributed by atoms with Gasteiger partial charge in [0.25, 0.3) is 0 Å². The third kappa shape index (κ3) is 71.1. The minimum Gasteiger partial charge on any atom is -0.462 e. The molecule has 0 radical (unpaired) electrons. The maximum atomic E-state index is 13.1. The molecule has 0 aliphatic carbocycles. The topological polar surface area (TPSA) is 237 Å². The maximum Gasteiger partial charge on any atom is 0.472 e. The molecule has 0 rings (SSSR count). The van der Waals surface area contributed by atoms with Crippen molar-refractivity contribution in [3.63, 3.8) is 0 Å². The zero-order valence-electron chi connectivity index (χ0n) is 64.4. The van der Waals surface area contributed by atoms with Gasteiger partial charge in [0.2, 0.25) is 0 Å². The van der Waals surface area contributed by atoms with E-state index in [1.54, 1.807) is 0 Å². The Labute approximate surface area is 600 Å². The summed E-state index contributed by atoms with van der Waals surface area (Å²) >= 11 is 0. The van der Waals surface area contributed by atoms with Gasteiger partial charge in [-0.1, -0.05) is 351 Å². The molecule has 0 aromatic carbocycles. The highest BCUT2D eigenvalue weighted by molar-refractivity contribution is 7.47. The van der Waals surface area contributed by atoms with Crippen LogP contribution in [0.15, 0.2) is 0 Å². The highest BCUT2D eigenvalue weighted by Crippen LogP contribution is 2.45. The predicted molar refractivity (Wildman–Crippen MR) is 400 cm³/mol. The van der Waals surface area contributed by atoms with Crippen LogP contribution < -0.4 is 0 Å². The number of phosphoric ester groups is 2. The second kappa shape index (κ2) is 68.2. The zero-order valence-corrected chi connectivity index (χ0v) is 66.2. The Morgan fingerprint density at radius 2 is 0.490 bits per heavy atom. The lowest BCUT2D eigenvalue weighted by atomic mass is 9.99. The number of carbonyl (C=O) groups is 4. The van der Waals surface area contributed by atoms with Crippen LogP contribution in [0.1, 0.15) is 402 Å². The molecule has 4 unspecified atom stereocenters. The minimum absolute atomic E-state index is 0.103. The highest BCUT2D eigenvalue weighted by Gasteiger charge is 2.30. The lowest BCUT2D eigenvalue weighted by molar-refractivity contribution is -0.161. The van der Waals surface area contributed by atoms with Gasteiger partial charge in [0.15, 0.2) is 12.2 Å². The number of carbonyl (C=O) groups excluding carboxylic acids is 4. The van der Waals surface area contributed by atoms with Gasteiger partial charge in [0, 0.05) is 25.7 Å². The van der Waals surface area contributed by atoms with E-state index >= 15 is 0 Å². The Morgan fingerprint density at radius 1 is 0.286 bits per heavy atom. The first-order valence-electron chi connectivity index (χ1n) is 40.7. The fraction of sp³-hybridized carbons (Fsp3) is 0.949. The molecule has 0 aliphatic rings. The molecule has 3 N–H and O–H groups in total. The second-order valence-corrected chi connectivity index (χ2v) is 33.0. The fourth-order valence-electron chi connectivity index (χ4n) is 12.0. The molecule has 6 atom stereocenters. The fourth-order valence-corrected chi connectivity index (χ4v) is 13.6. The molecule has 0 fully saturated rings. The lowest BCUT2D eigenvalue weighted by Crippen LogP contribution is -2.30. The van der Waals surface area contributed by atoms with Crippen LogP contribution in [0.5, 0.6) is 0 Å². The molecule has 0 saturated heterocycles. The number of aliphatic hydroxyl groups is 1. The van der Waals surface area contributed by atoms with Gasteiger partial charge in [0.1, 0.15) is 19.3 Å². The summed E-state index contributed by atoms with van der Waals surface area (Å²) in [5, 5.41) is 10.6. The summed E-state index contributed by atoms with van der Waals surface area (Å²) in [6, 6.07) is 0. The van der Waals surface area contributed by atoms with E-state index in [0.29, 0.717) is 31.6 Å². The maximum absolute atomic E-state index is 13.1. The van der Waals surface area contributed by atoms with Gasteiger partial charge in [-0.3, -0.25) is 37.3 Å². The molecule has 0 spiro atoms. The molecule has 0 amide bonds. The molecule has 0 aromatic rings. The Bertz CT molecular complexity index is 1920. The van der Waals surface area contributed by atoms with E-state index in [1.807, 2.05) is 0 Å². The number of rotatable bonds is 76. The number of esters is 4. The Kier molecular flexibility index (Phi) is 66.8. The van der Waals surface area contributed by atoms with Crippen molar-refractivity contribution in [2.75, 3.05) is 39.6 Å². The van der Waals surface area contributed by atoms with Crippen molar-refractivity contribution < 1.29 is 80.2 Å². The summed E-state index contributed by atoms with van der Waals surface area (Å²) in [5.41, 5.74) is 0. The molecule has 0 heterocycles. The van der Waals surface area contributed by atoms with Crippen LogP contribution in [0.25, 0.3) is 0 Å². The summed E-state index contributed by atoms with van der Waals surface area (Å²) in [7, 11) is -9.92. The van der Waals surface area contributed by atoms with Gasteiger partial charge in [-0.25, -0.2) is 9.13 Å². The smallest absolute Gasteiger partial charge is 0.462 e. The van der Waals surface area contributed by atoms with E-state index in [0.717, 1.165) is 114 Å². The summed E-state index contributed by atoms with van der Waals surface area (Å²) in [6.07, 6.45) is 54.3. The van der Waals surface area contributed by atoms with Crippen molar-refractivity contribution in [3.05, 3.63) is 0 Å². The summed E-state index contributed by atoms with van der Waals surface area (Å²) in [4.78, 5) is 72.9. The molecule has 582 valence electrons. The van der Waals surface area contributed by atoms with E-state index < -0.39 is 97.5 Å². The van der Waals surface area contributed by atoms with Gasteiger partial charge >= 0.3 is 39.5 Å². The first-order chi connectivity index (χ1) is 47.1. The number of ether oxygens (including phenoxy) is 4. The number of phosphoric acid groups is 2. The van der Waals surface area contributed by atoms with Crippen molar-refractivity contribution in [1.82, 2.24) is 0 Å². The number of unbranched alkanes of at least 4 members (excludes halogenated alkanes) is 41. The Balaban J connectivity index is 5.18. The average Bonchev–Trinajstić information content (AvgIpc) is 0.975. The van der Waals surface area contributed by atoms with Crippen LogP contribution in [0.2, 0.25) is 0 Å². The molecular weight excluding hydrogens is 1280 g/mol. The van der Waals surface area contributed by atoms with Gasteiger partial charge in [0.05, 0.1) is 26.4 Å². The van der Waals surface area contributed by atoms with Crippen LogP contribution >= 0.6 is 15.6 Å². The highest BCUT2D eigenvalue weighted by atomic mass is 31.2. The van der Waals surface area contributed by atoms with Crippen molar-refractivity contribution in [2.45, 2.75) is 420 Å². The predicted octanol–water partition coefficient (Wildman–Crippen LogP) is 23.2. The number of aliphatic hydroxyl groups excluding tert-OH is 1. The standard InChI is InChI=1S/C79H154O17P2/c1-9-72(8)58-50-42-34-25-21-16-14-12-10-11-13-15-17-22-26-35-43-51-59-76(81)89-65-74(95-78(83)61-53-45-36-27-23-19-18-20-24-31-39-47-55-69(2)3)67-93-97(85,86)91-63-73(80)64-92-98(87,88)94-68-75(66-90-77(82)60-52-44-38-30-33-41-49-57-71(6)7)96-79(84)62-54-46-37-29-28-32-40-48-56-70(4)5/h69-75,80H,9-68H2,1-8H3,(H,85,86)(H,87,88)/t72?,73?,74-,75-/m1/s1. The second-order valence-electron chi connectivity index (χ2n) is 30.1. The van der Waals surface area contributed by atoms with Gasteiger partial charge in [-0.15, -0.1) is 0 Å². The van der Waals surface area contributed by atoms with Crippen LogP contribution in [0.3, 0.4) is 0 Å². The summed E-state index contributed by atoms with van der Waals surface area (Å²) in [6.45, 7) is 14.2. The molecule has 0 saturated carbocycles. The number of hydrogen-bond acceptors (Lipinski definition) is 15. The van der Waals surface area contributed by atoms with Crippen molar-refractivity contribution in [2.24, 2.45) is 23.7 Å². The van der Waals surface area contributed by atoms with Crippen molar-refractivity contribution in [1.29, 1.82) is 0 Å². The van der Waals surface area contributed by atoms with Gasteiger partial charge in [-0.2, -0.15) is 0 Å². The number of hydrogen-bond donors (Lipinski definition) is 3. The van der Waals surface area contributed by atoms with E-state index in [9.17, 15) is 43.2 Å². The molecule has 0 aliphatic heterocycles. The SMILES string of the molecule is CCC(C)CCCCCCCCCCCCCCCCCCCCC(=O)OC[C@H](COP(=O)(O)OCC(O)COP(=O)(O)OC[C@@H](COC(=O)CCCCCCCCCC(C)C)OC(=O)CCCCCCCCCCC(C)C)OC(=O)CCCCCCCCCCCCCCC(C)C. The molecule has 0 aromatic heterocycles. The molecule has 0 bridgehead atoms. The molecule has 19 heteroatoms. The zero-order chi connectivity index (χ0) is 72.4. The van der Waals surface area contributed by atoms with Crippen molar-refractivity contribution >= 4 is 39.5 Å². The first kappa shape index (κ1) is 96.1. The third-order valence-electron chi connectivity index (χ3n) is 18.7. The summed E-state index contributed by atoms with van der Waals surface area (Å²) in [5.74, 6) is 0.953. The lowest BCUT2D eigenvalue weighted by Gasteiger charge is -2.21. The van der Waals surface area contributed by atoms with Crippen LogP contribution in [0, 0.1) is 23.7 Å². The average molecular weight is 1440 g/mol. The van der Waals surface area contributed by atoms with Crippen molar-refractivity contribution in [3.8, 4) is 0 Å². The quantitative estimate of drug-likeness (QED) is 0.0222. The summed E-state index contributed by atoms with van der Waals surface area (Å²) < 4.78 is 68.6. The minimum atomic E-state index is -4.96. The Morgan fingerprint density at radius 3 is 0.724 bits per heavy atom. The van der Waals surface area contributed by atoms with Crippen LogP contribution in [-0.4, -0.2) is 96.7 Å². The normalized spacial score (nSPS) is 14.3. The van der Waals surface area contributed by atoms with E-state index in [4.69, 9.17) is 37.0 Å². The molecular formula is C79H154O17P2. The first-order valence-corrected chi connectivity index (χ1v) is 43.7. The molecule has 98 heavy (non-hydrogen) atoms. The molecule has 17 nitrogen and oxygen atoms in total. The van der Waals surface area contributed by atoms with Crippen LogP contribution in [-0.2, 0) is 65.4 Å². The van der Waals surface area contributed by atoms with E-state index in [2.05, 4.69) is 55.4 Å². The van der Waals surface area contributed by atoms with Gasteiger partial charge in [-0.05, 0) is 49.4 Å². The van der Waals surface area contributed by atoms with E-state index in [-0.39, 0.29) is 25.7 Å². The monoisotopic (exact) mass is 1440 g/mol. The van der Waals surface area contributed by atoms with E-state index in [1.165, 1.54) is 199 Å². The Hall–Kier alpha value is -1.94. The third-order valence-corrected chi connectivity index (χ3v) is 20.6. The largest absolute Gasteiger partial charge is 0.472 e. The van der Waals surface area contributed by atoms with Gasteiger partial charge < -0.3 is 33.8 Å².